The van der Waals surface area contributed by atoms with Crippen LogP contribution in [0, 0.1) is 0 Å². The lowest BCUT2D eigenvalue weighted by molar-refractivity contribution is 0.0472. The van der Waals surface area contributed by atoms with Crippen LogP contribution in [0.1, 0.15) is 20.0 Å². The summed E-state index contributed by atoms with van der Waals surface area (Å²) in [6, 6.07) is 6.42. The number of carbonyl (C=O) groups is 2. The maximum Gasteiger partial charge on any atom is 0.342 e. The fraction of sp³-hybridized carbons (Fsp3) is 0.250. The number of ether oxygens (including phenoxy) is 4. The summed E-state index contributed by atoms with van der Waals surface area (Å²) in [5, 5.41) is 1.78. The summed E-state index contributed by atoms with van der Waals surface area (Å²) in [7, 11) is 4.36. The number of methoxy groups -OCH3 is 3. The fourth-order valence-corrected chi connectivity index (χ4v) is 2.56. The third kappa shape index (κ3) is 3.81. The molecule has 1 aromatic carbocycles. The number of carbonyl (C=O) groups excluding carboxylic acids is 2. The number of esters is 1. The Labute approximate surface area is 137 Å². The summed E-state index contributed by atoms with van der Waals surface area (Å²) in [6.45, 7) is -0.336. The van der Waals surface area contributed by atoms with E-state index in [1.165, 1.54) is 44.8 Å². The van der Waals surface area contributed by atoms with Gasteiger partial charge in [-0.1, -0.05) is 6.07 Å². The normalized spacial score (nSPS) is 10.0. The number of thiophene rings is 1. The van der Waals surface area contributed by atoms with Gasteiger partial charge in [0.1, 0.15) is 11.3 Å². The van der Waals surface area contributed by atoms with Crippen molar-refractivity contribution in [3.8, 4) is 17.2 Å². The fourth-order valence-electron chi connectivity index (χ4n) is 1.91. The van der Waals surface area contributed by atoms with Crippen molar-refractivity contribution in [2.24, 2.45) is 0 Å². The maximum atomic E-state index is 12.2. The average Bonchev–Trinajstić information content (AvgIpc) is 3.12. The van der Waals surface area contributed by atoms with Crippen LogP contribution in [-0.4, -0.2) is 39.7 Å². The number of ketones is 1. The molecule has 0 bridgehead atoms. The van der Waals surface area contributed by atoms with Crippen molar-refractivity contribution in [3.63, 3.8) is 0 Å². The molecular weight excluding hydrogens is 320 g/mol. The van der Waals surface area contributed by atoms with Crippen LogP contribution >= 0.6 is 11.3 Å². The molecule has 0 saturated heterocycles. The van der Waals surface area contributed by atoms with E-state index in [4.69, 9.17) is 18.9 Å². The van der Waals surface area contributed by atoms with Gasteiger partial charge in [0, 0.05) is 12.1 Å². The minimum atomic E-state index is -0.673. The first-order chi connectivity index (χ1) is 11.1. The minimum absolute atomic E-state index is 0.157. The zero-order valence-corrected chi connectivity index (χ0v) is 13.8. The van der Waals surface area contributed by atoms with E-state index in [2.05, 4.69) is 0 Å². The second-order valence-corrected chi connectivity index (χ2v) is 5.33. The van der Waals surface area contributed by atoms with Crippen molar-refractivity contribution in [3.05, 3.63) is 40.1 Å². The molecule has 2 rings (SSSR count). The van der Waals surface area contributed by atoms with Gasteiger partial charge in [-0.25, -0.2) is 4.79 Å². The molecule has 0 amide bonds. The molecule has 0 aliphatic rings. The molecule has 6 nitrogen and oxygen atoms in total. The lowest BCUT2D eigenvalue weighted by Gasteiger charge is -2.13. The third-order valence-electron chi connectivity index (χ3n) is 3.06. The van der Waals surface area contributed by atoms with Crippen molar-refractivity contribution < 1.29 is 28.5 Å². The summed E-state index contributed by atoms with van der Waals surface area (Å²) in [5.41, 5.74) is 0.157. The smallest absolute Gasteiger partial charge is 0.342 e. The van der Waals surface area contributed by atoms with Gasteiger partial charge in [0.05, 0.1) is 26.2 Å². The molecule has 0 spiro atoms. The third-order valence-corrected chi connectivity index (χ3v) is 3.97. The molecule has 0 fully saturated rings. The van der Waals surface area contributed by atoms with Crippen molar-refractivity contribution in [2.45, 2.75) is 0 Å². The Morgan fingerprint density at radius 2 is 1.65 bits per heavy atom. The van der Waals surface area contributed by atoms with E-state index in [-0.39, 0.29) is 23.7 Å². The number of rotatable bonds is 7. The Bertz CT molecular complexity index is 693. The van der Waals surface area contributed by atoms with E-state index >= 15 is 0 Å². The van der Waals surface area contributed by atoms with Crippen molar-refractivity contribution in [1.82, 2.24) is 0 Å². The lowest BCUT2D eigenvalue weighted by atomic mass is 10.1. The predicted molar refractivity (Wildman–Crippen MR) is 85.0 cm³/mol. The van der Waals surface area contributed by atoms with Crippen molar-refractivity contribution >= 4 is 23.1 Å². The molecule has 0 unspecified atom stereocenters. The van der Waals surface area contributed by atoms with Gasteiger partial charge in [0.25, 0.3) is 0 Å². The van der Waals surface area contributed by atoms with Gasteiger partial charge >= 0.3 is 5.97 Å². The van der Waals surface area contributed by atoms with E-state index in [0.29, 0.717) is 16.4 Å². The van der Waals surface area contributed by atoms with Crippen LogP contribution in [0.15, 0.2) is 29.6 Å². The summed E-state index contributed by atoms with van der Waals surface area (Å²) >= 11 is 1.30. The Kier molecular flexibility index (Phi) is 5.59. The topological polar surface area (TPSA) is 71.1 Å². The van der Waals surface area contributed by atoms with E-state index in [9.17, 15) is 9.59 Å². The molecule has 0 N–H and O–H groups in total. The van der Waals surface area contributed by atoms with E-state index in [1.807, 2.05) is 0 Å². The number of Topliss-reactive ketones (excluding diaryl/α,β-unsaturated/α-hetero) is 1. The Morgan fingerprint density at radius 3 is 2.22 bits per heavy atom. The number of benzene rings is 1. The second kappa shape index (κ2) is 7.64. The SMILES string of the molecule is COc1cc(OC)c(C(=O)OCC(=O)c2cccs2)cc1OC. The van der Waals surface area contributed by atoms with Gasteiger partial charge in [-0.3, -0.25) is 4.79 Å². The summed E-state index contributed by atoms with van der Waals surface area (Å²) in [5.74, 6) is 0.136. The Hall–Kier alpha value is -2.54. The molecule has 122 valence electrons. The van der Waals surface area contributed by atoms with Gasteiger partial charge in [-0.2, -0.15) is 0 Å². The monoisotopic (exact) mass is 336 g/mol. The molecule has 0 aliphatic carbocycles. The first-order valence-corrected chi connectivity index (χ1v) is 7.52. The summed E-state index contributed by atoms with van der Waals surface area (Å²) in [4.78, 5) is 24.6. The average molecular weight is 336 g/mol. The van der Waals surface area contributed by atoms with E-state index in [0.717, 1.165) is 0 Å². The van der Waals surface area contributed by atoms with Crippen LogP contribution in [0.4, 0.5) is 0 Å². The van der Waals surface area contributed by atoms with Crippen molar-refractivity contribution in [2.75, 3.05) is 27.9 Å². The highest BCUT2D eigenvalue weighted by molar-refractivity contribution is 7.12. The van der Waals surface area contributed by atoms with Crippen LogP contribution in [0.5, 0.6) is 17.2 Å². The molecule has 2 aromatic rings. The van der Waals surface area contributed by atoms with Crippen LogP contribution in [-0.2, 0) is 4.74 Å². The first-order valence-electron chi connectivity index (χ1n) is 6.64. The quantitative estimate of drug-likeness (QED) is 0.572. The van der Waals surface area contributed by atoms with Crippen LogP contribution < -0.4 is 14.2 Å². The van der Waals surface area contributed by atoms with Gasteiger partial charge in [0.2, 0.25) is 5.78 Å². The van der Waals surface area contributed by atoms with Crippen molar-refractivity contribution in [1.29, 1.82) is 0 Å². The molecular formula is C16H16O6S. The molecule has 1 aromatic heterocycles. The van der Waals surface area contributed by atoms with Gasteiger partial charge < -0.3 is 18.9 Å². The maximum absolute atomic E-state index is 12.2. The highest BCUT2D eigenvalue weighted by Gasteiger charge is 2.20. The highest BCUT2D eigenvalue weighted by Crippen LogP contribution is 2.34. The molecule has 1 heterocycles. The number of hydrogen-bond donors (Lipinski definition) is 0. The zero-order chi connectivity index (χ0) is 16.8. The Balaban J connectivity index is 2.16. The molecule has 0 saturated carbocycles. The first kappa shape index (κ1) is 16.8. The minimum Gasteiger partial charge on any atom is -0.496 e. The predicted octanol–water partition coefficient (Wildman–Crippen LogP) is 2.81. The lowest BCUT2D eigenvalue weighted by Crippen LogP contribution is -2.14. The standard InChI is InChI=1S/C16H16O6S/c1-19-12-8-14(21-3)13(20-2)7-10(12)16(18)22-9-11(17)15-5-4-6-23-15/h4-8H,9H2,1-3H3. The molecule has 7 heteroatoms. The molecule has 0 radical (unpaired) electrons. The van der Waals surface area contributed by atoms with Crippen LogP contribution in [0.3, 0.4) is 0 Å². The summed E-state index contributed by atoms with van der Waals surface area (Å²) < 4.78 is 20.5. The second-order valence-electron chi connectivity index (χ2n) is 4.38. The number of hydrogen-bond acceptors (Lipinski definition) is 7. The molecule has 0 atom stereocenters. The van der Waals surface area contributed by atoms with E-state index < -0.39 is 5.97 Å². The molecule has 23 heavy (non-hydrogen) atoms. The van der Waals surface area contributed by atoms with Crippen LogP contribution in [0.2, 0.25) is 0 Å². The highest BCUT2D eigenvalue weighted by atomic mass is 32.1. The van der Waals surface area contributed by atoms with Gasteiger partial charge in [-0.15, -0.1) is 11.3 Å². The van der Waals surface area contributed by atoms with Gasteiger partial charge in [-0.05, 0) is 11.4 Å². The zero-order valence-electron chi connectivity index (χ0n) is 13.0. The Morgan fingerprint density at radius 1 is 1.00 bits per heavy atom. The summed E-state index contributed by atoms with van der Waals surface area (Å²) in [6.07, 6.45) is 0. The van der Waals surface area contributed by atoms with Crippen LogP contribution in [0.25, 0.3) is 0 Å². The largest absolute Gasteiger partial charge is 0.496 e. The van der Waals surface area contributed by atoms with Gasteiger partial charge in [0.15, 0.2) is 18.1 Å². The molecule has 0 aliphatic heterocycles. The van der Waals surface area contributed by atoms with E-state index in [1.54, 1.807) is 17.5 Å².